The molecule has 2 aromatic heterocycles. The van der Waals surface area contributed by atoms with Crippen LogP contribution in [-0.4, -0.2) is 21.8 Å². The number of aromatic amines is 1. The highest BCUT2D eigenvalue weighted by Gasteiger charge is 2.12. The lowest BCUT2D eigenvalue weighted by atomic mass is 10.1. The van der Waals surface area contributed by atoms with Gasteiger partial charge in [0, 0.05) is 9.90 Å². The molecular formula is C17H15ClN4OS. The van der Waals surface area contributed by atoms with Gasteiger partial charge in [-0.1, -0.05) is 23.7 Å². The molecule has 1 aromatic carbocycles. The number of nitrogens with one attached hydrogen (secondary N) is 2. The zero-order valence-corrected chi connectivity index (χ0v) is 14.7. The van der Waals surface area contributed by atoms with Crippen molar-refractivity contribution in [3.8, 4) is 10.6 Å². The van der Waals surface area contributed by atoms with Crippen LogP contribution in [0.4, 0.5) is 0 Å². The van der Waals surface area contributed by atoms with Crippen LogP contribution in [0.5, 0.6) is 0 Å². The van der Waals surface area contributed by atoms with Crippen molar-refractivity contribution in [2.24, 2.45) is 5.10 Å². The molecule has 2 N–H and O–H groups in total. The van der Waals surface area contributed by atoms with Crippen molar-refractivity contribution >= 4 is 34.6 Å². The molecule has 0 aliphatic rings. The number of carbonyl (C=O) groups excluding carboxylic acids is 1. The fraction of sp³-hybridized carbons (Fsp3) is 0.118. The highest BCUT2D eigenvalue weighted by atomic mass is 35.5. The number of halogens is 1. The Morgan fingerprint density at radius 2 is 2.00 bits per heavy atom. The second-order valence-electron chi connectivity index (χ2n) is 5.22. The molecule has 3 rings (SSSR count). The first-order chi connectivity index (χ1) is 11.5. The number of rotatable bonds is 4. The van der Waals surface area contributed by atoms with Crippen LogP contribution in [0.2, 0.25) is 5.02 Å². The number of aromatic nitrogens is 2. The van der Waals surface area contributed by atoms with Crippen LogP contribution in [0, 0.1) is 6.92 Å². The molecule has 0 atom stereocenters. The minimum absolute atomic E-state index is 0.295. The Hall–Kier alpha value is -2.44. The quantitative estimate of drug-likeness (QED) is 0.540. The van der Waals surface area contributed by atoms with Crippen molar-refractivity contribution in [3.63, 3.8) is 0 Å². The first kappa shape index (κ1) is 16.4. The Morgan fingerprint density at radius 1 is 1.25 bits per heavy atom. The summed E-state index contributed by atoms with van der Waals surface area (Å²) in [6, 6.07) is 13.0. The maximum atomic E-state index is 12.2. The van der Waals surface area contributed by atoms with E-state index >= 15 is 0 Å². The van der Waals surface area contributed by atoms with Gasteiger partial charge in [-0.3, -0.25) is 9.89 Å². The molecule has 2 heterocycles. The van der Waals surface area contributed by atoms with Crippen molar-refractivity contribution < 1.29 is 4.79 Å². The molecule has 3 aromatic rings. The molecule has 24 heavy (non-hydrogen) atoms. The molecule has 0 saturated carbocycles. The van der Waals surface area contributed by atoms with Crippen LogP contribution in [0.1, 0.15) is 27.9 Å². The molecule has 1 amide bonds. The van der Waals surface area contributed by atoms with Gasteiger partial charge in [-0.05, 0) is 49.7 Å². The predicted octanol–water partition coefficient (Wildman–Crippen LogP) is 4.25. The van der Waals surface area contributed by atoms with E-state index in [-0.39, 0.29) is 5.91 Å². The Kier molecular flexibility index (Phi) is 4.78. The van der Waals surface area contributed by atoms with E-state index in [2.05, 4.69) is 20.7 Å². The zero-order valence-electron chi connectivity index (χ0n) is 13.1. The summed E-state index contributed by atoms with van der Waals surface area (Å²) in [5.74, 6) is -0.362. The minimum atomic E-state index is -0.362. The first-order valence-corrected chi connectivity index (χ1v) is 8.45. The van der Waals surface area contributed by atoms with Crippen LogP contribution < -0.4 is 5.43 Å². The fourth-order valence-electron chi connectivity index (χ4n) is 2.09. The molecule has 5 nitrogen and oxygen atoms in total. The van der Waals surface area contributed by atoms with Gasteiger partial charge in [0.15, 0.2) is 5.69 Å². The summed E-state index contributed by atoms with van der Waals surface area (Å²) in [6.07, 6.45) is 0. The number of aryl methyl sites for hydroxylation is 1. The highest BCUT2D eigenvalue weighted by molar-refractivity contribution is 7.15. The Bertz CT molecular complexity index is 895. The molecule has 0 spiro atoms. The smallest absolute Gasteiger partial charge is 0.276 e. The summed E-state index contributed by atoms with van der Waals surface area (Å²) >= 11 is 7.50. The van der Waals surface area contributed by atoms with Crippen LogP contribution in [0.25, 0.3) is 10.6 Å². The summed E-state index contributed by atoms with van der Waals surface area (Å²) in [5.41, 5.74) is 5.20. The number of hydrogen-bond donors (Lipinski definition) is 2. The SMILES string of the molecule is C/C(=N\NC(=O)c1cc(-c2ccc(C)s2)[nH]n1)c1ccc(Cl)cc1. The van der Waals surface area contributed by atoms with Crippen molar-refractivity contribution in [1.29, 1.82) is 0 Å². The summed E-state index contributed by atoms with van der Waals surface area (Å²) in [5, 5.41) is 11.7. The molecule has 0 saturated heterocycles. The molecule has 0 radical (unpaired) electrons. The van der Waals surface area contributed by atoms with Gasteiger partial charge in [0.2, 0.25) is 0 Å². The van der Waals surface area contributed by atoms with E-state index < -0.39 is 0 Å². The highest BCUT2D eigenvalue weighted by Crippen LogP contribution is 2.26. The third-order valence-corrected chi connectivity index (χ3v) is 4.69. The van der Waals surface area contributed by atoms with Crippen molar-refractivity contribution in [2.45, 2.75) is 13.8 Å². The van der Waals surface area contributed by atoms with Gasteiger partial charge >= 0.3 is 0 Å². The van der Waals surface area contributed by atoms with E-state index in [1.54, 1.807) is 29.5 Å². The van der Waals surface area contributed by atoms with Gasteiger partial charge in [-0.25, -0.2) is 5.43 Å². The average molecular weight is 359 g/mol. The van der Waals surface area contributed by atoms with Gasteiger partial charge in [-0.15, -0.1) is 11.3 Å². The molecule has 0 aliphatic carbocycles. The molecule has 122 valence electrons. The topological polar surface area (TPSA) is 70.1 Å². The van der Waals surface area contributed by atoms with Crippen LogP contribution in [-0.2, 0) is 0 Å². The van der Waals surface area contributed by atoms with Gasteiger partial charge in [0.25, 0.3) is 5.91 Å². The second kappa shape index (κ2) is 6.98. The lowest BCUT2D eigenvalue weighted by molar-refractivity contribution is 0.0950. The largest absolute Gasteiger partial charge is 0.291 e. The lowest BCUT2D eigenvalue weighted by Crippen LogP contribution is -2.19. The lowest BCUT2D eigenvalue weighted by Gasteiger charge is -2.01. The van der Waals surface area contributed by atoms with Gasteiger partial charge in [0.05, 0.1) is 16.3 Å². The van der Waals surface area contributed by atoms with Crippen LogP contribution in [0.3, 0.4) is 0 Å². The molecule has 0 unspecified atom stereocenters. The van der Waals surface area contributed by atoms with E-state index in [4.69, 9.17) is 11.6 Å². The van der Waals surface area contributed by atoms with Crippen LogP contribution >= 0.6 is 22.9 Å². The van der Waals surface area contributed by atoms with E-state index in [1.165, 1.54) is 4.88 Å². The van der Waals surface area contributed by atoms with Crippen molar-refractivity contribution in [2.75, 3.05) is 0 Å². The van der Waals surface area contributed by atoms with E-state index in [9.17, 15) is 4.79 Å². The summed E-state index contributed by atoms with van der Waals surface area (Å²) in [7, 11) is 0. The maximum Gasteiger partial charge on any atom is 0.291 e. The number of hydrazone groups is 1. The molecule has 0 aliphatic heterocycles. The summed E-state index contributed by atoms with van der Waals surface area (Å²) < 4.78 is 0. The zero-order chi connectivity index (χ0) is 17.1. The number of hydrogen-bond acceptors (Lipinski definition) is 4. The van der Waals surface area contributed by atoms with E-state index in [0.717, 1.165) is 16.1 Å². The third-order valence-electron chi connectivity index (χ3n) is 3.40. The molecule has 7 heteroatoms. The number of H-pyrrole nitrogens is 1. The normalized spacial score (nSPS) is 11.5. The average Bonchev–Trinajstić information content (AvgIpc) is 3.22. The number of thiophene rings is 1. The second-order valence-corrected chi connectivity index (χ2v) is 6.95. The Morgan fingerprint density at radius 3 is 2.67 bits per heavy atom. The van der Waals surface area contributed by atoms with Gasteiger partial charge in [-0.2, -0.15) is 10.2 Å². The van der Waals surface area contributed by atoms with Crippen LogP contribution in [0.15, 0.2) is 47.6 Å². The summed E-state index contributed by atoms with van der Waals surface area (Å²) in [4.78, 5) is 14.4. The first-order valence-electron chi connectivity index (χ1n) is 7.26. The Labute approximate surface area is 148 Å². The number of benzene rings is 1. The van der Waals surface area contributed by atoms with Crippen molar-refractivity contribution in [1.82, 2.24) is 15.6 Å². The Balaban J connectivity index is 1.70. The van der Waals surface area contributed by atoms with Gasteiger partial charge < -0.3 is 0 Å². The number of nitrogens with zero attached hydrogens (tertiary/aromatic N) is 2. The standard InChI is InChI=1S/C17H15ClN4OS/c1-10-3-8-16(24-10)14-9-15(21-20-14)17(23)22-19-11(2)12-4-6-13(18)7-5-12/h3-9H,1-2H3,(H,20,21)(H,22,23)/b19-11+. The van der Waals surface area contributed by atoms with E-state index in [0.29, 0.717) is 16.4 Å². The maximum absolute atomic E-state index is 12.2. The third kappa shape index (κ3) is 3.72. The fourth-order valence-corrected chi connectivity index (χ4v) is 3.05. The number of carbonyl (C=O) groups is 1. The van der Waals surface area contributed by atoms with E-state index in [1.807, 2.05) is 38.1 Å². The van der Waals surface area contributed by atoms with Crippen molar-refractivity contribution in [3.05, 3.63) is 63.6 Å². The molecular weight excluding hydrogens is 344 g/mol. The minimum Gasteiger partial charge on any atom is -0.276 e. The number of amides is 1. The van der Waals surface area contributed by atoms with Gasteiger partial charge in [0.1, 0.15) is 0 Å². The summed E-state index contributed by atoms with van der Waals surface area (Å²) in [6.45, 7) is 3.85. The molecule has 0 bridgehead atoms. The molecule has 0 fully saturated rings. The predicted molar refractivity (Wildman–Crippen MR) is 97.8 cm³/mol. The monoisotopic (exact) mass is 358 g/mol.